The maximum Gasteiger partial charge on any atom is 0.339 e. The Kier molecular flexibility index (Phi) is 4.44. The molecular weight excluding hydrogens is 384 g/mol. The van der Waals surface area contributed by atoms with Crippen LogP contribution in [0, 0.1) is 0 Å². The van der Waals surface area contributed by atoms with E-state index in [1.165, 1.54) is 11.3 Å². The van der Waals surface area contributed by atoms with Crippen molar-refractivity contribution in [3.05, 3.63) is 56.2 Å². The van der Waals surface area contributed by atoms with Crippen LogP contribution < -0.4 is 10.9 Å². The average Bonchev–Trinajstić information content (AvgIpc) is 2.99. The van der Waals surface area contributed by atoms with E-state index < -0.39 is 23.9 Å². The molecule has 0 saturated carbocycles. The number of rotatable bonds is 2. The summed E-state index contributed by atoms with van der Waals surface area (Å²) in [4.78, 5) is 36.3. The topological polar surface area (TPSA) is 84.5 Å². The van der Waals surface area contributed by atoms with Crippen molar-refractivity contribution in [2.24, 2.45) is 0 Å². The molecule has 118 valence electrons. The number of fused-ring (bicyclic) bond motifs is 1. The van der Waals surface area contributed by atoms with E-state index in [4.69, 9.17) is 4.74 Å². The monoisotopic (exact) mass is 394 g/mol. The predicted octanol–water partition coefficient (Wildman–Crippen LogP) is 2.05. The number of thiophene rings is 1. The van der Waals surface area contributed by atoms with Gasteiger partial charge in [0, 0.05) is 6.42 Å². The van der Waals surface area contributed by atoms with E-state index in [9.17, 15) is 14.4 Å². The average molecular weight is 395 g/mol. The van der Waals surface area contributed by atoms with Gasteiger partial charge in [-0.3, -0.25) is 20.4 Å². The summed E-state index contributed by atoms with van der Waals surface area (Å²) >= 11 is 4.50. The number of carbonyl (C=O) groups excluding carboxylic acids is 3. The minimum atomic E-state index is -0.965. The molecule has 0 spiro atoms. The number of hydrazine groups is 1. The summed E-state index contributed by atoms with van der Waals surface area (Å²) in [7, 11) is 0. The molecule has 2 N–H and O–H groups in total. The van der Waals surface area contributed by atoms with Crippen LogP contribution in [-0.4, -0.2) is 23.9 Å². The molecule has 0 saturated heterocycles. The number of cyclic esters (lactones) is 1. The molecule has 1 aliphatic rings. The van der Waals surface area contributed by atoms with Crippen molar-refractivity contribution in [1.29, 1.82) is 0 Å². The lowest BCUT2D eigenvalue weighted by atomic mass is 9.98. The Morgan fingerprint density at radius 3 is 2.70 bits per heavy atom. The fourth-order valence-corrected chi connectivity index (χ4v) is 3.46. The fourth-order valence-electron chi connectivity index (χ4n) is 2.17. The lowest BCUT2D eigenvalue weighted by Gasteiger charge is -2.23. The van der Waals surface area contributed by atoms with Gasteiger partial charge < -0.3 is 4.74 Å². The zero-order valence-electron chi connectivity index (χ0n) is 11.7. The van der Waals surface area contributed by atoms with E-state index in [0.717, 1.165) is 9.35 Å². The normalized spacial score (nSPS) is 16.2. The highest BCUT2D eigenvalue weighted by atomic mass is 79.9. The van der Waals surface area contributed by atoms with Crippen molar-refractivity contribution in [1.82, 2.24) is 10.9 Å². The minimum Gasteiger partial charge on any atom is -0.448 e. The summed E-state index contributed by atoms with van der Waals surface area (Å²) in [5.41, 5.74) is 5.80. The third-order valence-electron chi connectivity index (χ3n) is 3.28. The van der Waals surface area contributed by atoms with Gasteiger partial charge in [0.15, 0.2) is 6.10 Å². The maximum atomic E-state index is 12.1. The van der Waals surface area contributed by atoms with E-state index in [0.29, 0.717) is 10.4 Å². The molecule has 1 aliphatic heterocycles. The van der Waals surface area contributed by atoms with Crippen LogP contribution in [-0.2, 0) is 16.0 Å². The molecule has 0 fully saturated rings. The summed E-state index contributed by atoms with van der Waals surface area (Å²) in [6, 6.07) is 10.3. The largest absolute Gasteiger partial charge is 0.448 e. The summed E-state index contributed by atoms with van der Waals surface area (Å²) in [5, 5.41) is 0. The molecule has 1 aromatic heterocycles. The number of halogens is 1. The van der Waals surface area contributed by atoms with Crippen LogP contribution >= 0.6 is 27.3 Å². The van der Waals surface area contributed by atoms with Gasteiger partial charge in [0.2, 0.25) is 0 Å². The second kappa shape index (κ2) is 6.51. The molecule has 1 aromatic carbocycles. The smallest absolute Gasteiger partial charge is 0.339 e. The molecule has 2 amide bonds. The van der Waals surface area contributed by atoms with E-state index in [-0.39, 0.29) is 6.42 Å². The highest BCUT2D eigenvalue weighted by molar-refractivity contribution is 9.11. The Morgan fingerprint density at radius 2 is 1.96 bits per heavy atom. The summed E-state index contributed by atoms with van der Waals surface area (Å²) in [6.07, 6.45) is -0.693. The number of benzene rings is 1. The van der Waals surface area contributed by atoms with Crippen LogP contribution in [0.5, 0.6) is 0 Å². The fraction of sp³-hybridized carbons (Fsp3) is 0.133. The molecule has 6 nitrogen and oxygen atoms in total. The zero-order valence-corrected chi connectivity index (χ0v) is 14.1. The van der Waals surface area contributed by atoms with Crippen molar-refractivity contribution in [3.63, 3.8) is 0 Å². The van der Waals surface area contributed by atoms with Gasteiger partial charge >= 0.3 is 5.97 Å². The van der Waals surface area contributed by atoms with E-state index in [1.807, 2.05) is 0 Å². The first-order chi connectivity index (χ1) is 11.0. The predicted molar refractivity (Wildman–Crippen MR) is 87.0 cm³/mol. The van der Waals surface area contributed by atoms with Crippen molar-refractivity contribution >= 4 is 45.1 Å². The lowest BCUT2D eigenvalue weighted by Crippen LogP contribution is -2.49. The number of nitrogens with one attached hydrogen (secondary N) is 2. The zero-order chi connectivity index (χ0) is 16.4. The third kappa shape index (κ3) is 3.43. The molecule has 3 rings (SSSR count). The van der Waals surface area contributed by atoms with E-state index in [2.05, 4.69) is 26.8 Å². The molecular formula is C15H11BrN2O4S. The molecule has 8 heteroatoms. The molecule has 1 atom stereocenters. The minimum absolute atomic E-state index is 0.272. The molecule has 0 bridgehead atoms. The van der Waals surface area contributed by atoms with Crippen molar-refractivity contribution in [2.45, 2.75) is 12.5 Å². The molecule has 0 radical (unpaired) electrons. The number of amides is 2. The summed E-state index contributed by atoms with van der Waals surface area (Å²) < 4.78 is 5.92. The maximum absolute atomic E-state index is 12.1. The Labute approximate surface area is 143 Å². The number of carbonyl (C=O) groups is 3. The van der Waals surface area contributed by atoms with Crippen molar-refractivity contribution < 1.29 is 19.1 Å². The van der Waals surface area contributed by atoms with E-state index >= 15 is 0 Å². The first kappa shape index (κ1) is 15.7. The Hall–Kier alpha value is -2.19. The van der Waals surface area contributed by atoms with Gasteiger partial charge in [-0.25, -0.2) is 4.79 Å². The number of esters is 1. The SMILES string of the molecule is O=C(NNC(=O)C1Cc2ccccc2C(=O)O1)c1ccc(Br)s1. The molecule has 2 heterocycles. The van der Waals surface area contributed by atoms with Crippen molar-refractivity contribution in [2.75, 3.05) is 0 Å². The Morgan fingerprint density at radius 1 is 1.17 bits per heavy atom. The number of hydrogen-bond acceptors (Lipinski definition) is 5. The van der Waals surface area contributed by atoms with Gasteiger partial charge in [0.25, 0.3) is 11.8 Å². The molecule has 2 aromatic rings. The first-order valence-electron chi connectivity index (χ1n) is 6.69. The number of hydrogen-bond donors (Lipinski definition) is 2. The molecule has 0 aliphatic carbocycles. The van der Waals surface area contributed by atoms with Crippen LogP contribution in [0.2, 0.25) is 0 Å². The standard InChI is InChI=1S/C15H11BrN2O4S/c16-12-6-5-11(23-12)14(20)18-17-13(19)10-7-8-3-1-2-4-9(8)15(21)22-10/h1-6,10H,7H2,(H,17,19)(H,18,20). The van der Waals surface area contributed by atoms with E-state index in [1.54, 1.807) is 36.4 Å². The summed E-state index contributed by atoms with van der Waals surface area (Å²) in [6.45, 7) is 0. The van der Waals surface area contributed by atoms with Gasteiger partial charge in [-0.05, 0) is 39.7 Å². The van der Waals surface area contributed by atoms with Gasteiger partial charge in [-0.2, -0.15) is 0 Å². The highest BCUT2D eigenvalue weighted by Gasteiger charge is 2.31. The lowest BCUT2D eigenvalue weighted by molar-refractivity contribution is -0.131. The second-order valence-corrected chi connectivity index (χ2v) is 7.27. The van der Waals surface area contributed by atoms with Gasteiger partial charge in [0.1, 0.15) is 0 Å². The van der Waals surface area contributed by atoms with Gasteiger partial charge in [-0.1, -0.05) is 18.2 Å². The third-order valence-corrected chi connectivity index (χ3v) is 4.90. The quantitative estimate of drug-likeness (QED) is 0.602. The van der Waals surface area contributed by atoms with Gasteiger partial charge in [0.05, 0.1) is 14.2 Å². The highest BCUT2D eigenvalue weighted by Crippen LogP contribution is 2.22. The number of ether oxygens (including phenoxy) is 1. The molecule has 23 heavy (non-hydrogen) atoms. The van der Waals surface area contributed by atoms with Crippen molar-refractivity contribution in [3.8, 4) is 0 Å². The van der Waals surface area contributed by atoms with Crippen LogP contribution in [0.1, 0.15) is 25.6 Å². The Balaban J connectivity index is 1.61. The van der Waals surface area contributed by atoms with Crippen LogP contribution in [0.4, 0.5) is 0 Å². The second-order valence-electron chi connectivity index (χ2n) is 4.80. The van der Waals surface area contributed by atoms with Crippen LogP contribution in [0.25, 0.3) is 0 Å². The van der Waals surface area contributed by atoms with Gasteiger partial charge in [-0.15, -0.1) is 11.3 Å². The first-order valence-corrected chi connectivity index (χ1v) is 8.30. The molecule has 1 unspecified atom stereocenters. The van der Waals surface area contributed by atoms with Crippen LogP contribution in [0.15, 0.2) is 40.2 Å². The summed E-state index contributed by atoms with van der Waals surface area (Å²) in [5.74, 6) is -1.55. The van der Waals surface area contributed by atoms with Crippen LogP contribution in [0.3, 0.4) is 0 Å². The Bertz CT molecular complexity index is 789.